The average molecular weight is 334 g/mol. The van der Waals surface area contributed by atoms with Crippen molar-refractivity contribution in [3.05, 3.63) is 53.1 Å². The van der Waals surface area contributed by atoms with Crippen LogP contribution in [-0.4, -0.2) is 33.8 Å². The zero-order valence-electron chi connectivity index (χ0n) is 12.5. The first-order chi connectivity index (χ1) is 11.2. The summed E-state index contributed by atoms with van der Waals surface area (Å²) in [6, 6.07) is 7.38. The summed E-state index contributed by atoms with van der Waals surface area (Å²) >= 11 is 6.05. The van der Waals surface area contributed by atoms with E-state index in [9.17, 15) is 0 Å². The molecule has 0 unspecified atom stereocenters. The van der Waals surface area contributed by atoms with Gasteiger partial charge in [0, 0.05) is 16.8 Å². The van der Waals surface area contributed by atoms with Crippen LogP contribution in [0.5, 0.6) is 5.88 Å². The molecule has 0 radical (unpaired) electrons. The van der Waals surface area contributed by atoms with E-state index < -0.39 is 0 Å². The predicted molar refractivity (Wildman–Crippen MR) is 86.0 cm³/mol. The average Bonchev–Trinajstić information content (AvgIpc) is 3.02. The third-order valence-electron chi connectivity index (χ3n) is 3.25. The smallest absolute Gasteiger partial charge is 0.240 e. The number of ether oxygens (including phenoxy) is 1. The Morgan fingerprint density at radius 3 is 2.96 bits per heavy atom. The zero-order valence-corrected chi connectivity index (χ0v) is 13.2. The van der Waals surface area contributed by atoms with Gasteiger partial charge in [-0.1, -0.05) is 23.7 Å². The second-order valence-electron chi connectivity index (χ2n) is 4.91. The van der Waals surface area contributed by atoms with Crippen molar-refractivity contribution >= 4 is 11.6 Å². The molecule has 8 heteroatoms. The fraction of sp³-hybridized carbons (Fsp3) is 0.200. The van der Waals surface area contributed by atoms with E-state index in [1.807, 2.05) is 18.2 Å². The number of rotatable bonds is 5. The molecule has 0 amide bonds. The van der Waals surface area contributed by atoms with Crippen molar-refractivity contribution in [2.24, 2.45) is 0 Å². The molecular formula is C15H16ClN5O2. The van der Waals surface area contributed by atoms with Gasteiger partial charge in [-0.15, -0.1) is 5.53 Å². The van der Waals surface area contributed by atoms with Crippen LogP contribution in [0.15, 0.2) is 42.4 Å². The molecule has 2 heterocycles. The van der Waals surface area contributed by atoms with Gasteiger partial charge >= 0.3 is 0 Å². The van der Waals surface area contributed by atoms with Crippen molar-refractivity contribution in [2.75, 3.05) is 13.7 Å². The Bertz CT molecular complexity index is 738. The topological polar surface area (TPSA) is 82.5 Å². The van der Waals surface area contributed by atoms with Gasteiger partial charge in [0.15, 0.2) is 0 Å². The first kappa shape index (κ1) is 15.5. The van der Waals surface area contributed by atoms with Gasteiger partial charge in [0.25, 0.3) is 0 Å². The molecule has 1 aromatic carbocycles. The highest BCUT2D eigenvalue weighted by Crippen LogP contribution is 2.28. The van der Waals surface area contributed by atoms with Crippen LogP contribution in [0.2, 0.25) is 5.02 Å². The van der Waals surface area contributed by atoms with Crippen molar-refractivity contribution < 1.29 is 9.84 Å². The Balaban J connectivity index is 1.89. The quantitative estimate of drug-likeness (QED) is 0.764. The number of nitrogens with one attached hydrogen (secondary N) is 2. The van der Waals surface area contributed by atoms with Crippen LogP contribution in [0.25, 0.3) is 11.3 Å². The fourth-order valence-electron chi connectivity index (χ4n) is 2.20. The number of hydrazine groups is 2. The number of hydrogen-bond donors (Lipinski definition) is 3. The summed E-state index contributed by atoms with van der Waals surface area (Å²) in [6.07, 6.45) is 3.42. The molecule has 3 N–H and O–H groups in total. The second-order valence-corrected chi connectivity index (χ2v) is 5.34. The molecular weight excluding hydrogens is 318 g/mol. The highest BCUT2D eigenvalue weighted by molar-refractivity contribution is 6.30. The van der Waals surface area contributed by atoms with E-state index in [1.54, 1.807) is 30.6 Å². The van der Waals surface area contributed by atoms with E-state index in [4.69, 9.17) is 21.4 Å². The van der Waals surface area contributed by atoms with Crippen LogP contribution >= 0.6 is 11.6 Å². The molecule has 1 aromatic heterocycles. The van der Waals surface area contributed by atoms with Crippen LogP contribution < -0.4 is 15.7 Å². The molecule has 23 heavy (non-hydrogen) atoms. The predicted octanol–water partition coefficient (Wildman–Crippen LogP) is 1.46. The molecule has 7 nitrogen and oxygen atoms in total. The van der Waals surface area contributed by atoms with Crippen molar-refractivity contribution in [2.45, 2.75) is 6.54 Å². The number of methoxy groups -OCH3 is 1. The number of aromatic nitrogens is 2. The molecule has 0 saturated carbocycles. The SMILES string of the molecule is COc1ncc(CN2C=C(CO)NN2)nc1-c1cccc(Cl)c1. The van der Waals surface area contributed by atoms with Gasteiger partial charge in [-0.05, 0) is 12.1 Å². The number of hydrogen-bond acceptors (Lipinski definition) is 7. The highest BCUT2D eigenvalue weighted by Gasteiger charge is 2.15. The maximum absolute atomic E-state index is 9.08. The van der Waals surface area contributed by atoms with Gasteiger partial charge in [0.05, 0.1) is 37.8 Å². The van der Waals surface area contributed by atoms with Gasteiger partial charge in [-0.3, -0.25) is 5.01 Å². The third kappa shape index (κ3) is 3.53. The van der Waals surface area contributed by atoms with Crippen molar-refractivity contribution in [3.8, 4) is 17.1 Å². The van der Waals surface area contributed by atoms with Gasteiger partial charge in [-0.25, -0.2) is 9.97 Å². The van der Waals surface area contributed by atoms with Crippen molar-refractivity contribution in [1.82, 2.24) is 25.9 Å². The van der Waals surface area contributed by atoms with Crippen LogP contribution in [0.1, 0.15) is 5.69 Å². The standard InChI is InChI=1S/C15H16ClN5O2/c1-23-15-14(10-3-2-4-11(16)5-10)18-12(6-17-15)7-21-8-13(9-22)19-20-21/h2-6,8,19-20,22H,7,9H2,1H3. The minimum atomic E-state index is -0.0639. The number of nitrogens with zero attached hydrogens (tertiary/aromatic N) is 3. The van der Waals surface area contributed by atoms with E-state index >= 15 is 0 Å². The lowest BCUT2D eigenvalue weighted by Crippen LogP contribution is -2.36. The molecule has 3 rings (SSSR count). The first-order valence-electron chi connectivity index (χ1n) is 6.95. The lowest BCUT2D eigenvalue weighted by atomic mass is 10.1. The summed E-state index contributed by atoms with van der Waals surface area (Å²) in [6.45, 7) is 0.409. The largest absolute Gasteiger partial charge is 0.479 e. The zero-order chi connectivity index (χ0) is 16.2. The maximum atomic E-state index is 9.08. The minimum Gasteiger partial charge on any atom is -0.479 e. The molecule has 0 bridgehead atoms. The summed E-state index contributed by atoms with van der Waals surface area (Å²) in [5.41, 5.74) is 8.65. The number of halogens is 1. The van der Waals surface area contributed by atoms with Gasteiger partial charge < -0.3 is 15.3 Å². The van der Waals surface area contributed by atoms with Crippen molar-refractivity contribution in [3.63, 3.8) is 0 Å². The summed E-state index contributed by atoms with van der Waals surface area (Å²) in [5, 5.41) is 11.5. The number of aliphatic hydroxyl groups excluding tert-OH is 1. The Morgan fingerprint density at radius 2 is 2.26 bits per heavy atom. The van der Waals surface area contributed by atoms with Crippen LogP contribution in [0, 0.1) is 0 Å². The highest BCUT2D eigenvalue weighted by atomic mass is 35.5. The number of benzene rings is 1. The Labute approximate surface area is 138 Å². The van der Waals surface area contributed by atoms with E-state index in [-0.39, 0.29) is 6.61 Å². The molecule has 1 aliphatic rings. The van der Waals surface area contributed by atoms with Crippen LogP contribution in [0.3, 0.4) is 0 Å². The summed E-state index contributed by atoms with van der Waals surface area (Å²) in [5.74, 6) is 0.440. The Kier molecular flexibility index (Phi) is 4.61. The van der Waals surface area contributed by atoms with E-state index in [0.29, 0.717) is 28.8 Å². The monoisotopic (exact) mass is 333 g/mol. The van der Waals surface area contributed by atoms with Gasteiger partial charge in [0.1, 0.15) is 5.69 Å². The normalized spacial score (nSPS) is 13.7. The minimum absolute atomic E-state index is 0.0639. The van der Waals surface area contributed by atoms with E-state index in [1.165, 1.54) is 0 Å². The second kappa shape index (κ2) is 6.82. The number of aliphatic hydroxyl groups is 1. The maximum Gasteiger partial charge on any atom is 0.240 e. The molecule has 0 spiro atoms. The van der Waals surface area contributed by atoms with Crippen LogP contribution in [0.4, 0.5) is 0 Å². The lowest BCUT2D eigenvalue weighted by Gasteiger charge is -2.15. The summed E-state index contributed by atoms with van der Waals surface area (Å²) in [7, 11) is 1.56. The van der Waals surface area contributed by atoms with Gasteiger partial charge in [-0.2, -0.15) is 0 Å². The van der Waals surface area contributed by atoms with E-state index in [2.05, 4.69) is 20.9 Å². The third-order valence-corrected chi connectivity index (χ3v) is 3.49. The van der Waals surface area contributed by atoms with Crippen molar-refractivity contribution in [1.29, 1.82) is 0 Å². The van der Waals surface area contributed by atoms with Crippen LogP contribution in [-0.2, 0) is 6.54 Å². The molecule has 0 fully saturated rings. The van der Waals surface area contributed by atoms with Gasteiger partial charge in [0.2, 0.25) is 5.88 Å². The molecule has 0 aliphatic carbocycles. The molecule has 120 valence electrons. The Morgan fingerprint density at radius 1 is 1.39 bits per heavy atom. The Hall–Kier alpha value is -2.35. The molecule has 0 saturated heterocycles. The molecule has 2 aromatic rings. The first-order valence-corrected chi connectivity index (χ1v) is 7.33. The summed E-state index contributed by atoms with van der Waals surface area (Å²) in [4.78, 5) is 8.93. The lowest BCUT2D eigenvalue weighted by molar-refractivity contribution is 0.254. The molecule has 1 aliphatic heterocycles. The molecule has 0 atom stereocenters. The fourth-order valence-corrected chi connectivity index (χ4v) is 2.39. The van der Waals surface area contributed by atoms with E-state index in [0.717, 1.165) is 11.3 Å². The summed E-state index contributed by atoms with van der Waals surface area (Å²) < 4.78 is 5.30.